The van der Waals surface area contributed by atoms with Gasteiger partial charge in [-0.1, -0.05) is 31.2 Å². The molecule has 2 atom stereocenters. The summed E-state index contributed by atoms with van der Waals surface area (Å²) >= 11 is 0. The number of piperidine rings is 1. The van der Waals surface area contributed by atoms with Gasteiger partial charge in [-0.2, -0.15) is 0 Å². The molecule has 1 saturated heterocycles. The molecule has 0 aliphatic carbocycles. The molecular formula is C16H22N2O. The number of nitrogens with zero attached hydrogens (tertiary/aromatic N) is 1. The van der Waals surface area contributed by atoms with Gasteiger partial charge in [0.2, 0.25) is 5.91 Å². The molecule has 3 nitrogen and oxygen atoms in total. The molecule has 2 heterocycles. The lowest BCUT2D eigenvalue weighted by Gasteiger charge is -2.34. The van der Waals surface area contributed by atoms with Crippen molar-refractivity contribution in [3.05, 3.63) is 35.4 Å². The van der Waals surface area contributed by atoms with Crippen LogP contribution in [-0.4, -0.2) is 30.4 Å². The Kier molecular flexibility index (Phi) is 3.56. The average Bonchev–Trinajstić information content (AvgIpc) is 2.46. The van der Waals surface area contributed by atoms with E-state index in [1.807, 2.05) is 4.90 Å². The zero-order valence-corrected chi connectivity index (χ0v) is 11.6. The van der Waals surface area contributed by atoms with Crippen LogP contribution in [-0.2, 0) is 17.8 Å². The first-order valence-corrected chi connectivity index (χ1v) is 7.30. The van der Waals surface area contributed by atoms with Crippen molar-refractivity contribution in [1.82, 2.24) is 10.2 Å². The predicted molar refractivity (Wildman–Crippen MR) is 75.7 cm³/mol. The van der Waals surface area contributed by atoms with E-state index in [0.29, 0.717) is 11.8 Å². The number of carbonyl (C=O) groups excluding carboxylic acids is 1. The van der Waals surface area contributed by atoms with Crippen molar-refractivity contribution in [2.24, 2.45) is 11.8 Å². The van der Waals surface area contributed by atoms with Crippen LogP contribution in [0.5, 0.6) is 0 Å². The molecule has 3 heteroatoms. The van der Waals surface area contributed by atoms with Gasteiger partial charge in [0.15, 0.2) is 0 Å². The number of rotatable bonds is 1. The summed E-state index contributed by atoms with van der Waals surface area (Å²) in [6.07, 6.45) is 2.03. The van der Waals surface area contributed by atoms with E-state index in [-0.39, 0.29) is 5.92 Å². The summed E-state index contributed by atoms with van der Waals surface area (Å²) in [6, 6.07) is 8.48. The Morgan fingerprint density at radius 2 is 2.05 bits per heavy atom. The van der Waals surface area contributed by atoms with Gasteiger partial charge in [-0.15, -0.1) is 0 Å². The molecule has 0 bridgehead atoms. The zero-order valence-electron chi connectivity index (χ0n) is 11.6. The maximum Gasteiger partial charge on any atom is 0.227 e. The summed E-state index contributed by atoms with van der Waals surface area (Å²) in [6.45, 7) is 5.78. The minimum absolute atomic E-state index is 0.175. The third-order valence-corrected chi connectivity index (χ3v) is 4.36. The third-order valence-electron chi connectivity index (χ3n) is 4.36. The van der Waals surface area contributed by atoms with Gasteiger partial charge in [-0.3, -0.25) is 4.79 Å². The van der Waals surface area contributed by atoms with Gasteiger partial charge in [0, 0.05) is 19.6 Å². The Morgan fingerprint density at radius 3 is 2.84 bits per heavy atom. The average molecular weight is 258 g/mol. The smallest absolute Gasteiger partial charge is 0.227 e. The van der Waals surface area contributed by atoms with Crippen molar-refractivity contribution in [3.8, 4) is 0 Å². The molecule has 1 aromatic rings. The molecule has 1 aromatic carbocycles. The lowest BCUT2D eigenvalue weighted by molar-refractivity contribution is -0.137. The Morgan fingerprint density at radius 1 is 1.26 bits per heavy atom. The van der Waals surface area contributed by atoms with Crippen molar-refractivity contribution in [2.75, 3.05) is 19.6 Å². The number of benzene rings is 1. The van der Waals surface area contributed by atoms with Gasteiger partial charge in [0.25, 0.3) is 0 Å². The molecule has 0 saturated carbocycles. The van der Waals surface area contributed by atoms with Crippen molar-refractivity contribution >= 4 is 5.91 Å². The Bertz CT molecular complexity index is 472. The summed E-state index contributed by atoms with van der Waals surface area (Å²) in [4.78, 5) is 14.6. The zero-order chi connectivity index (χ0) is 13.2. The standard InChI is InChI=1S/C16H22N2O/c1-12-8-15(10-17-9-12)16(19)18-7-6-13-4-2-3-5-14(13)11-18/h2-5,12,15,17H,6-11H2,1H3. The van der Waals surface area contributed by atoms with E-state index in [0.717, 1.165) is 39.0 Å². The van der Waals surface area contributed by atoms with Crippen LogP contribution in [0, 0.1) is 11.8 Å². The Labute approximate surface area is 115 Å². The molecule has 2 aliphatic rings. The van der Waals surface area contributed by atoms with Crippen LogP contribution >= 0.6 is 0 Å². The summed E-state index contributed by atoms with van der Waals surface area (Å²) < 4.78 is 0. The molecular weight excluding hydrogens is 236 g/mol. The lowest BCUT2D eigenvalue weighted by Crippen LogP contribution is -2.46. The fraction of sp³-hybridized carbons (Fsp3) is 0.562. The van der Waals surface area contributed by atoms with Gasteiger partial charge in [-0.25, -0.2) is 0 Å². The largest absolute Gasteiger partial charge is 0.338 e. The highest BCUT2D eigenvalue weighted by molar-refractivity contribution is 5.79. The normalized spacial score (nSPS) is 26.9. The highest BCUT2D eigenvalue weighted by Gasteiger charge is 2.30. The number of nitrogens with one attached hydrogen (secondary N) is 1. The minimum atomic E-state index is 0.175. The highest BCUT2D eigenvalue weighted by atomic mass is 16.2. The van der Waals surface area contributed by atoms with E-state index in [1.54, 1.807) is 0 Å². The van der Waals surface area contributed by atoms with Crippen LogP contribution in [0.25, 0.3) is 0 Å². The predicted octanol–water partition coefficient (Wildman–Crippen LogP) is 1.82. The summed E-state index contributed by atoms with van der Waals surface area (Å²) in [5, 5.41) is 3.38. The number of amides is 1. The van der Waals surface area contributed by atoms with Crippen molar-refractivity contribution in [1.29, 1.82) is 0 Å². The lowest BCUT2D eigenvalue weighted by atomic mass is 9.90. The fourth-order valence-electron chi connectivity index (χ4n) is 3.29. The first kappa shape index (κ1) is 12.7. The van der Waals surface area contributed by atoms with E-state index < -0.39 is 0 Å². The number of carbonyl (C=O) groups is 1. The number of hydrogen-bond acceptors (Lipinski definition) is 2. The SMILES string of the molecule is CC1CNCC(C(=O)N2CCc3ccccc3C2)C1. The van der Waals surface area contributed by atoms with E-state index in [2.05, 4.69) is 36.5 Å². The van der Waals surface area contributed by atoms with Gasteiger partial charge in [0.05, 0.1) is 5.92 Å². The summed E-state index contributed by atoms with van der Waals surface area (Å²) in [5.41, 5.74) is 2.72. The van der Waals surface area contributed by atoms with Crippen LogP contribution in [0.2, 0.25) is 0 Å². The fourth-order valence-corrected chi connectivity index (χ4v) is 3.29. The molecule has 0 spiro atoms. The Hall–Kier alpha value is -1.35. The van der Waals surface area contributed by atoms with Crippen molar-refractivity contribution in [2.45, 2.75) is 26.3 Å². The molecule has 1 fully saturated rings. The quantitative estimate of drug-likeness (QED) is 0.833. The molecule has 2 unspecified atom stereocenters. The molecule has 19 heavy (non-hydrogen) atoms. The molecule has 2 aliphatic heterocycles. The second-order valence-electron chi connectivity index (χ2n) is 5.97. The van der Waals surface area contributed by atoms with Gasteiger partial charge < -0.3 is 10.2 Å². The molecule has 0 radical (unpaired) electrons. The molecule has 1 N–H and O–H groups in total. The topological polar surface area (TPSA) is 32.3 Å². The van der Waals surface area contributed by atoms with Gasteiger partial charge >= 0.3 is 0 Å². The van der Waals surface area contributed by atoms with E-state index in [1.165, 1.54) is 11.1 Å². The number of fused-ring (bicyclic) bond motifs is 1. The first-order valence-electron chi connectivity index (χ1n) is 7.30. The van der Waals surface area contributed by atoms with Crippen molar-refractivity contribution < 1.29 is 4.79 Å². The molecule has 3 rings (SSSR count). The highest BCUT2D eigenvalue weighted by Crippen LogP contribution is 2.23. The third kappa shape index (κ3) is 2.66. The van der Waals surface area contributed by atoms with Crippen LogP contribution < -0.4 is 5.32 Å². The van der Waals surface area contributed by atoms with Crippen molar-refractivity contribution in [3.63, 3.8) is 0 Å². The second kappa shape index (κ2) is 5.33. The molecule has 0 aromatic heterocycles. The monoisotopic (exact) mass is 258 g/mol. The van der Waals surface area contributed by atoms with Crippen LogP contribution in [0.1, 0.15) is 24.5 Å². The van der Waals surface area contributed by atoms with Crippen LogP contribution in [0.3, 0.4) is 0 Å². The van der Waals surface area contributed by atoms with Gasteiger partial charge in [0.1, 0.15) is 0 Å². The van der Waals surface area contributed by atoms with E-state index >= 15 is 0 Å². The molecule has 102 valence electrons. The first-order chi connectivity index (χ1) is 9.24. The summed E-state index contributed by atoms with van der Waals surface area (Å²) in [7, 11) is 0. The summed E-state index contributed by atoms with van der Waals surface area (Å²) in [5.74, 6) is 1.13. The van der Waals surface area contributed by atoms with Crippen LogP contribution in [0.4, 0.5) is 0 Å². The maximum atomic E-state index is 12.6. The van der Waals surface area contributed by atoms with E-state index in [9.17, 15) is 4.79 Å². The maximum absolute atomic E-state index is 12.6. The minimum Gasteiger partial charge on any atom is -0.338 e. The second-order valence-corrected chi connectivity index (χ2v) is 5.97. The van der Waals surface area contributed by atoms with E-state index in [4.69, 9.17) is 0 Å². The molecule has 1 amide bonds. The Balaban J connectivity index is 1.69. The van der Waals surface area contributed by atoms with Gasteiger partial charge in [-0.05, 0) is 36.4 Å². The van der Waals surface area contributed by atoms with Crippen LogP contribution in [0.15, 0.2) is 24.3 Å². The number of hydrogen-bond donors (Lipinski definition) is 1.